The van der Waals surface area contributed by atoms with Gasteiger partial charge in [0.2, 0.25) is 5.91 Å². The van der Waals surface area contributed by atoms with Crippen molar-refractivity contribution in [3.63, 3.8) is 0 Å². The van der Waals surface area contributed by atoms with Crippen molar-refractivity contribution in [1.82, 2.24) is 4.90 Å². The number of hydrogen-bond donors (Lipinski definition) is 1. The lowest BCUT2D eigenvalue weighted by atomic mass is 9.79. The first-order valence-electron chi connectivity index (χ1n) is 7.02. The highest BCUT2D eigenvalue weighted by atomic mass is 35.5. The zero-order valence-electron chi connectivity index (χ0n) is 11.7. The second-order valence-electron chi connectivity index (χ2n) is 6.55. The van der Waals surface area contributed by atoms with Gasteiger partial charge < -0.3 is 10.6 Å². The quantitative estimate of drug-likeness (QED) is 0.841. The lowest BCUT2D eigenvalue weighted by molar-refractivity contribution is -0.135. The molecule has 18 heavy (non-hydrogen) atoms. The van der Waals surface area contributed by atoms with Gasteiger partial charge in [0.15, 0.2) is 0 Å². The molecule has 2 rings (SSSR count). The van der Waals surface area contributed by atoms with Crippen LogP contribution < -0.4 is 5.73 Å². The molecule has 3 nitrogen and oxygen atoms in total. The Kier molecular flexibility index (Phi) is 5.47. The fourth-order valence-electron chi connectivity index (χ4n) is 3.18. The lowest BCUT2D eigenvalue weighted by Crippen LogP contribution is -2.54. The first-order valence-corrected chi connectivity index (χ1v) is 7.02. The average Bonchev–Trinajstić information content (AvgIpc) is 2.74. The maximum absolute atomic E-state index is 12.2. The Morgan fingerprint density at radius 2 is 1.89 bits per heavy atom. The standard InChI is InChI=1S/C14H26N2O.ClH/c1-14(2)10-16(8-7-12(14)15)13(17)9-11-5-3-4-6-11;/h11-12H,3-10,15H2,1-2H3;1H. The highest BCUT2D eigenvalue weighted by molar-refractivity contribution is 5.85. The largest absolute Gasteiger partial charge is 0.342 e. The molecule has 0 spiro atoms. The topological polar surface area (TPSA) is 46.3 Å². The third-order valence-corrected chi connectivity index (χ3v) is 4.60. The molecule has 2 fully saturated rings. The van der Waals surface area contributed by atoms with Gasteiger partial charge in [0.1, 0.15) is 0 Å². The van der Waals surface area contributed by atoms with Crippen LogP contribution in [0.4, 0.5) is 0 Å². The molecule has 0 aromatic rings. The van der Waals surface area contributed by atoms with E-state index >= 15 is 0 Å². The zero-order chi connectivity index (χ0) is 12.5. The molecule has 1 atom stereocenters. The van der Waals surface area contributed by atoms with Crippen LogP contribution in [0.5, 0.6) is 0 Å². The highest BCUT2D eigenvalue weighted by Gasteiger charge is 2.35. The van der Waals surface area contributed by atoms with E-state index in [1.54, 1.807) is 0 Å². The smallest absolute Gasteiger partial charge is 0.222 e. The van der Waals surface area contributed by atoms with Gasteiger partial charge in [-0.2, -0.15) is 0 Å². The average molecular weight is 275 g/mol. The number of likely N-dealkylation sites (tertiary alicyclic amines) is 1. The minimum Gasteiger partial charge on any atom is -0.342 e. The van der Waals surface area contributed by atoms with Crippen molar-refractivity contribution >= 4 is 18.3 Å². The molecular weight excluding hydrogens is 248 g/mol. The molecule has 1 amide bonds. The Labute approximate surface area is 117 Å². The van der Waals surface area contributed by atoms with E-state index in [1.165, 1.54) is 25.7 Å². The third-order valence-electron chi connectivity index (χ3n) is 4.60. The Morgan fingerprint density at radius 3 is 2.44 bits per heavy atom. The fourth-order valence-corrected chi connectivity index (χ4v) is 3.18. The van der Waals surface area contributed by atoms with Crippen molar-refractivity contribution in [2.24, 2.45) is 17.1 Å². The van der Waals surface area contributed by atoms with E-state index in [9.17, 15) is 4.79 Å². The van der Waals surface area contributed by atoms with E-state index in [0.29, 0.717) is 11.8 Å². The number of nitrogens with zero attached hydrogens (tertiary/aromatic N) is 1. The summed E-state index contributed by atoms with van der Waals surface area (Å²) < 4.78 is 0. The van der Waals surface area contributed by atoms with Gasteiger partial charge >= 0.3 is 0 Å². The molecule has 0 aromatic heterocycles. The van der Waals surface area contributed by atoms with Gasteiger partial charge in [-0.05, 0) is 30.6 Å². The predicted octanol–water partition coefficient (Wildman–Crippen LogP) is 2.57. The molecule has 0 radical (unpaired) electrons. The predicted molar refractivity (Wildman–Crippen MR) is 76.8 cm³/mol. The summed E-state index contributed by atoms with van der Waals surface area (Å²) in [5, 5.41) is 0. The first-order chi connectivity index (χ1) is 7.99. The Balaban J connectivity index is 0.00000162. The molecule has 1 aliphatic heterocycles. The number of hydrogen-bond acceptors (Lipinski definition) is 2. The van der Waals surface area contributed by atoms with Crippen molar-refractivity contribution in [3.8, 4) is 0 Å². The van der Waals surface area contributed by atoms with Crippen molar-refractivity contribution in [2.75, 3.05) is 13.1 Å². The number of amides is 1. The molecule has 2 aliphatic rings. The van der Waals surface area contributed by atoms with Crippen molar-refractivity contribution in [1.29, 1.82) is 0 Å². The van der Waals surface area contributed by atoms with Crippen LogP contribution in [0.15, 0.2) is 0 Å². The SMILES string of the molecule is CC1(C)CN(C(=O)CC2CCCC2)CCC1N.Cl. The summed E-state index contributed by atoms with van der Waals surface area (Å²) in [5.41, 5.74) is 6.17. The van der Waals surface area contributed by atoms with Crippen molar-refractivity contribution < 1.29 is 4.79 Å². The molecule has 1 saturated heterocycles. The number of nitrogens with two attached hydrogens (primary N) is 1. The zero-order valence-corrected chi connectivity index (χ0v) is 12.5. The lowest BCUT2D eigenvalue weighted by Gasteiger charge is -2.42. The van der Waals surface area contributed by atoms with Crippen LogP contribution in [0.25, 0.3) is 0 Å². The van der Waals surface area contributed by atoms with Crippen LogP contribution in [-0.2, 0) is 4.79 Å². The third kappa shape index (κ3) is 3.61. The molecule has 2 N–H and O–H groups in total. The molecule has 4 heteroatoms. The number of halogens is 1. The molecule has 1 heterocycles. The van der Waals surface area contributed by atoms with Gasteiger partial charge in [-0.15, -0.1) is 12.4 Å². The summed E-state index contributed by atoms with van der Waals surface area (Å²) in [6.45, 7) is 6.04. The van der Waals surface area contributed by atoms with Gasteiger partial charge in [0.05, 0.1) is 0 Å². The second kappa shape index (κ2) is 6.25. The summed E-state index contributed by atoms with van der Waals surface area (Å²) >= 11 is 0. The summed E-state index contributed by atoms with van der Waals surface area (Å²) in [4.78, 5) is 14.3. The first kappa shape index (κ1) is 15.8. The van der Waals surface area contributed by atoms with Gasteiger partial charge in [-0.1, -0.05) is 26.7 Å². The molecule has 1 aliphatic carbocycles. The molecule has 106 valence electrons. The van der Waals surface area contributed by atoms with Gasteiger partial charge in [0.25, 0.3) is 0 Å². The van der Waals surface area contributed by atoms with Crippen LogP contribution in [0, 0.1) is 11.3 Å². The monoisotopic (exact) mass is 274 g/mol. The number of rotatable bonds is 2. The van der Waals surface area contributed by atoms with E-state index in [1.807, 2.05) is 4.90 Å². The minimum absolute atomic E-state index is 0. The summed E-state index contributed by atoms with van der Waals surface area (Å²) in [6.07, 6.45) is 6.85. The van der Waals surface area contributed by atoms with Crippen molar-refractivity contribution in [2.45, 2.75) is 58.4 Å². The van der Waals surface area contributed by atoms with Crippen LogP contribution in [-0.4, -0.2) is 29.9 Å². The molecule has 0 bridgehead atoms. The summed E-state index contributed by atoms with van der Waals surface area (Å²) in [5.74, 6) is 1.01. The summed E-state index contributed by atoms with van der Waals surface area (Å²) in [7, 11) is 0. The molecule has 0 aromatic carbocycles. The molecule has 1 unspecified atom stereocenters. The van der Waals surface area contributed by atoms with Gasteiger partial charge in [-0.3, -0.25) is 4.79 Å². The van der Waals surface area contributed by atoms with Crippen LogP contribution >= 0.6 is 12.4 Å². The number of piperidine rings is 1. The second-order valence-corrected chi connectivity index (χ2v) is 6.55. The number of carbonyl (C=O) groups excluding carboxylic acids is 1. The van der Waals surface area contributed by atoms with Crippen molar-refractivity contribution in [3.05, 3.63) is 0 Å². The molecule has 1 saturated carbocycles. The maximum Gasteiger partial charge on any atom is 0.222 e. The minimum atomic E-state index is 0. The summed E-state index contributed by atoms with van der Waals surface area (Å²) in [6, 6.07) is 0.234. The van der Waals surface area contributed by atoms with E-state index < -0.39 is 0 Å². The van der Waals surface area contributed by atoms with E-state index in [0.717, 1.165) is 25.9 Å². The van der Waals surface area contributed by atoms with E-state index in [2.05, 4.69) is 13.8 Å². The van der Waals surface area contributed by atoms with E-state index in [-0.39, 0.29) is 23.9 Å². The normalized spacial score (nSPS) is 27.9. The van der Waals surface area contributed by atoms with Crippen LogP contribution in [0.1, 0.15) is 52.4 Å². The Bertz CT molecular complexity index is 288. The fraction of sp³-hybridized carbons (Fsp3) is 0.929. The van der Waals surface area contributed by atoms with Gasteiger partial charge in [-0.25, -0.2) is 0 Å². The highest BCUT2D eigenvalue weighted by Crippen LogP contribution is 2.31. The maximum atomic E-state index is 12.2. The van der Waals surface area contributed by atoms with Crippen LogP contribution in [0.2, 0.25) is 0 Å². The molecular formula is C14H27ClN2O. The Hall–Kier alpha value is -0.280. The van der Waals surface area contributed by atoms with E-state index in [4.69, 9.17) is 5.73 Å². The van der Waals surface area contributed by atoms with Gasteiger partial charge in [0, 0.05) is 25.6 Å². The Morgan fingerprint density at radius 1 is 1.28 bits per heavy atom. The van der Waals surface area contributed by atoms with Crippen LogP contribution in [0.3, 0.4) is 0 Å². The number of carbonyl (C=O) groups is 1.